The number of aliphatic hydroxyl groups excluding tert-OH is 1. The van der Waals surface area contributed by atoms with Crippen LogP contribution in [0.3, 0.4) is 0 Å². The van der Waals surface area contributed by atoms with Crippen LogP contribution in [0.15, 0.2) is 29.8 Å². The van der Waals surface area contributed by atoms with Crippen LogP contribution >= 0.6 is 0 Å². The molecule has 2 unspecified atom stereocenters. The molecule has 2 atom stereocenters. The second kappa shape index (κ2) is 6.36. The van der Waals surface area contributed by atoms with Crippen molar-refractivity contribution < 1.29 is 14.6 Å². The fourth-order valence-corrected chi connectivity index (χ4v) is 1.58. The number of aliphatic hydroxyl groups is 1. The van der Waals surface area contributed by atoms with Crippen molar-refractivity contribution >= 4 is 12.0 Å². The largest absolute Gasteiger partial charge is 0.469 e. The van der Waals surface area contributed by atoms with Gasteiger partial charge in [-0.1, -0.05) is 30.3 Å². The summed E-state index contributed by atoms with van der Waals surface area (Å²) in [5.41, 5.74) is 2.84. The summed E-state index contributed by atoms with van der Waals surface area (Å²) in [6.07, 6.45) is 1.48. The molecule has 1 aromatic carbocycles. The zero-order valence-corrected chi connectivity index (χ0v) is 11.3. The van der Waals surface area contributed by atoms with Gasteiger partial charge in [0.05, 0.1) is 19.1 Å². The fraction of sp³-hybridized carbons (Fsp3) is 0.400. The van der Waals surface area contributed by atoms with Crippen molar-refractivity contribution in [1.82, 2.24) is 0 Å². The molecule has 3 nitrogen and oxygen atoms in total. The second-order valence-electron chi connectivity index (χ2n) is 4.48. The third-order valence-corrected chi connectivity index (χ3v) is 3.04. The Balaban J connectivity index is 2.87. The summed E-state index contributed by atoms with van der Waals surface area (Å²) in [5, 5.41) is 9.40. The van der Waals surface area contributed by atoms with E-state index in [1.165, 1.54) is 7.11 Å². The number of carbonyl (C=O) groups excluding carboxylic acids is 1. The molecule has 0 radical (unpaired) electrons. The summed E-state index contributed by atoms with van der Waals surface area (Å²) < 4.78 is 4.71. The Morgan fingerprint density at radius 2 is 1.83 bits per heavy atom. The second-order valence-corrected chi connectivity index (χ2v) is 4.48. The zero-order chi connectivity index (χ0) is 13.7. The van der Waals surface area contributed by atoms with Crippen LogP contribution in [0, 0.1) is 0 Å². The molecule has 0 saturated carbocycles. The highest BCUT2D eigenvalue weighted by Crippen LogP contribution is 2.18. The number of hydrogen-bond donors (Lipinski definition) is 1. The first kappa shape index (κ1) is 14.5. The van der Waals surface area contributed by atoms with Crippen molar-refractivity contribution in [3.05, 3.63) is 41.0 Å². The molecular formula is C15H20O3. The molecule has 0 aromatic heterocycles. The highest BCUT2D eigenvalue weighted by molar-refractivity contribution is 5.77. The van der Waals surface area contributed by atoms with Crippen molar-refractivity contribution in [2.75, 3.05) is 7.11 Å². The molecule has 0 amide bonds. The van der Waals surface area contributed by atoms with Gasteiger partial charge in [0.15, 0.2) is 0 Å². The van der Waals surface area contributed by atoms with Gasteiger partial charge in [-0.3, -0.25) is 4.79 Å². The lowest BCUT2D eigenvalue weighted by Crippen LogP contribution is -2.10. The van der Waals surface area contributed by atoms with Crippen molar-refractivity contribution in [3.8, 4) is 0 Å². The predicted molar refractivity (Wildman–Crippen MR) is 72.2 cm³/mol. The van der Waals surface area contributed by atoms with Gasteiger partial charge < -0.3 is 9.84 Å². The van der Waals surface area contributed by atoms with Crippen molar-refractivity contribution in [1.29, 1.82) is 0 Å². The number of hydrogen-bond acceptors (Lipinski definition) is 3. The topological polar surface area (TPSA) is 46.5 Å². The first-order valence-electron chi connectivity index (χ1n) is 5.99. The summed E-state index contributed by atoms with van der Waals surface area (Å²) in [6, 6.07) is 7.67. The molecule has 0 spiro atoms. The van der Waals surface area contributed by atoms with Crippen LogP contribution in [0.1, 0.15) is 37.8 Å². The molecule has 1 aromatic rings. The van der Waals surface area contributed by atoms with E-state index >= 15 is 0 Å². The van der Waals surface area contributed by atoms with Crippen LogP contribution in [0.25, 0.3) is 6.08 Å². The summed E-state index contributed by atoms with van der Waals surface area (Å²) in [6.45, 7) is 5.44. The van der Waals surface area contributed by atoms with Crippen LogP contribution in [0.2, 0.25) is 0 Å². The van der Waals surface area contributed by atoms with Crippen LogP contribution in [-0.4, -0.2) is 24.3 Å². The highest BCUT2D eigenvalue weighted by atomic mass is 16.5. The van der Waals surface area contributed by atoms with Crippen molar-refractivity contribution in [2.24, 2.45) is 0 Å². The standard InChI is InChI=1S/C15H20O3/c1-10(12(3)16)9-13-5-7-14(8-6-13)11(2)15(17)18-4/h5-9,11-12,16H,1-4H3. The smallest absolute Gasteiger partial charge is 0.312 e. The van der Waals surface area contributed by atoms with E-state index < -0.39 is 6.10 Å². The molecule has 98 valence electrons. The molecule has 3 heteroatoms. The van der Waals surface area contributed by atoms with E-state index in [0.717, 1.165) is 16.7 Å². The molecular weight excluding hydrogens is 228 g/mol. The molecule has 0 aliphatic rings. The molecule has 0 fully saturated rings. The average Bonchev–Trinajstić information content (AvgIpc) is 2.37. The van der Waals surface area contributed by atoms with Gasteiger partial charge in [0.1, 0.15) is 0 Å². The van der Waals surface area contributed by atoms with Gasteiger partial charge in [-0.15, -0.1) is 0 Å². The number of rotatable bonds is 4. The van der Waals surface area contributed by atoms with Crippen molar-refractivity contribution in [3.63, 3.8) is 0 Å². The summed E-state index contributed by atoms with van der Waals surface area (Å²) >= 11 is 0. The van der Waals surface area contributed by atoms with Crippen LogP contribution in [0.5, 0.6) is 0 Å². The van der Waals surface area contributed by atoms with E-state index in [2.05, 4.69) is 0 Å². The van der Waals surface area contributed by atoms with E-state index in [1.54, 1.807) is 6.92 Å². The number of methoxy groups -OCH3 is 1. The molecule has 0 heterocycles. The Bertz CT molecular complexity index is 430. The number of carbonyl (C=O) groups is 1. The maximum atomic E-state index is 11.4. The predicted octanol–water partition coefficient (Wildman–Crippen LogP) is 2.75. The maximum absolute atomic E-state index is 11.4. The molecule has 1 N–H and O–H groups in total. The molecule has 1 rings (SSSR count). The third kappa shape index (κ3) is 3.70. The number of ether oxygens (including phenoxy) is 1. The fourth-order valence-electron chi connectivity index (χ4n) is 1.58. The Morgan fingerprint density at radius 3 is 2.28 bits per heavy atom. The molecule has 0 aliphatic carbocycles. The van der Waals surface area contributed by atoms with Gasteiger partial charge in [0.25, 0.3) is 0 Å². The Labute approximate surface area is 108 Å². The van der Waals surface area contributed by atoms with Crippen molar-refractivity contribution in [2.45, 2.75) is 32.8 Å². The summed E-state index contributed by atoms with van der Waals surface area (Å²) in [4.78, 5) is 11.4. The number of benzene rings is 1. The van der Waals surface area contributed by atoms with E-state index in [9.17, 15) is 9.90 Å². The van der Waals surface area contributed by atoms with Gasteiger partial charge in [-0.05, 0) is 37.5 Å². The lowest BCUT2D eigenvalue weighted by molar-refractivity contribution is -0.141. The van der Waals surface area contributed by atoms with Crippen LogP contribution in [-0.2, 0) is 9.53 Å². The van der Waals surface area contributed by atoms with E-state index in [1.807, 2.05) is 44.2 Å². The molecule has 0 saturated heterocycles. The minimum Gasteiger partial charge on any atom is -0.469 e. The van der Waals surface area contributed by atoms with E-state index in [-0.39, 0.29) is 11.9 Å². The SMILES string of the molecule is COC(=O)C(C)c1ccc(C=C(C)C(C)O)cc1. The lowest BCUT2D eigenvalue weighted by Gasteiger charge is -2.10. The summed E-state index contributed by atoms with van der Waals surface area (Å²) in [7, 11) is 1.39. The minimum atomic E-state index is -0.446. The normalized spacial score (nSPS) is 15.1. The van der Waals surface area contributed by atoms with E-state index in [4.69, 9.17) is 4.74 Å². The minimum absolute atomic E-state index is 0.238. The summed E-state index contributed by atoms with van der Waals surface area (Å²) in [5.74, 6) is -0.496. The number of esters is 1. The molecule has 0 bridgehead atoms. The van der Waals surface area contributed by atoms with E-state index in [0.29, 0.717) is 0 Å². The van der Waals surface area contributed by atoms with Gasteiger partial charge in [-0.2, -0.15) is 0 Å². The van der Waals surface area contributed by atoms with Crippen LogP contribution in [0.4, 0.5) is 0 Å². The first-order chi connectivity index (χ1) is 8.45. The Hall–Kier alpha value is -1.61. The van der Waals surface area contributed by atoms with Crippen LogP contribution < -0.4 is 0 Å². The first-order valence-corrected chi connectivity index (χ1v) is 5.99. The lowest BCUT2D eigenvalue weighted by atomic mass is 9.99. The highest BCUT2D eigenvalue weighted by Gasteiger charge is 2.14. The van der Waals surface area contributed by atoms with Gasteiger partial charge in [0, 0.05) is 0 Å². The maximum Gasteiger partial charge on any atom is 0.312 e. The quantitative estimate of drug-likeness (QED) is 0.833. The molecule has 18 heavy (non-hydrogen) atoms. The van der Waals surface area contributed by atoms with Gasteiger partial charge >= 0.3 is 5.97 Å². The Morgan fingerprint density at radius 1 is 1.28 bits per heavy atom. The third-order valence-electron chi connectivity index (χ3n) is 3.04. The Kier molecular flexibility index (Phi) is 5.10. The van der Waals surface area contributed by atoms with Gasteiger partial charge in [0.2, 0.25) is 0 Å². The zero-order valence-electron chi connectivity index (χ0n) is 11.3. The average molecular weight is 248 g/mol. The van der Waals surface area contributed by atoms with Gasteiger partial charge in [-0.25, -0.2) is 0 Å². The molecule has 0 aliphatic heterocycles. The monoisotopic (exact) mass is 248 g/mol.